The Hall–Kier alpha value is -2.14. The van der Waals surface area contributed by atoms with Crippen LogP contribution in [0.2, 0.25) is 5.02 Å². The molecule has 3 N–H and O–H groups in total. The Kier molecular flexibility index (Phi) is 4.20. The molecule has 2 rings (SSSR count). The molecule has 2 aromatic carbocycles. The van der Waals surface area contributed by atoms with Crippen molar-refractivity contribution in [2.45, 2.75) is 6.54 Å². The molecule has 0 aliphatic carbocycles. The van der Waals surface area contributed by atoms with Crippen molar-refractivity contribution in [2.24, 2.45) is 0 Å². The predicted molar refractivity (Wildman–Crippen MR) is 73.4 cm³/mol. The van der Waals surface area contributed by atoms with Crippen LogP contribution in [0, 0.1) is 11.6 Å². The van der Waals surface area contributed by atoms with Crippen molar-refractivity contribution < 1.29 is 13.6 Å². The second-order valence-electron chi connectivity index (χ2n) is 4.16. The number of rotatable bonds is 3. The third-order valence-electron chi connectivity index (χ3n) is 2.70. The zero-order chi connectivity index (χ0) is 14.7. The number of nitrogen functional groups attached to an aromatic ring is 1. The van der Waals surface area contributed by atoms with E-state index in [2.05, 4.69) is 5.32 Å². The fraction of sp³-hybridized carbons (Fsp3) is 0.0714. The molecule has 0 aromatic heterocycles. The Morgan fingerprint density at radius 2 is 1.75 bits per heavy atom. The molecule has 6 heteroatoms. The molecule has 0 heterocycles. The van der Waals surface area contributed by atoms with Gasteiger partial charge in [0.15, 0.2) is 11.6 Å². The second kappa shape index (κ2) is 5.88. The number of anilines is 1. The molecular weight excluding hydrogens is 286 g/mol. The van der Waals surface area contributed by atoms with E-state index >= 15 is 0 Å². The fourth-order valence-corrected chi connectivity index (χ4v) is 1.76. The first kappa shape index (κ1) is 14.3. The van der Waals surface area contributed by atoms with E-state index in [-0.39, 0.29) is 17.8 Å². The number of hydrogen-bond donors (Lipinski definition) is 2. The topological polar surface area (TPSA) is 55.1 Å². The molecule has 0 spiro atoms. The van der Waals surface area contributed by atoms with Gasteiger partial charge in [0.25, 0.3) is 5.91 Å². The van der Waals surface area contributed by atoms with Crippen LogP contribution in [-0.4, -0.2) is 5.91 Å². The summed E-state index contributed by atoms with van der Waals surface area (Å²) in [7, 11) is 0. The number of hydrogen-bond acceptors (Lipinski definition) is 2. The van der Waals surface area contributed by atoms with Crippen LogP contribution in [0.15, 0.2) is 36.4 Å². The summed E-state index contributed by atoms with van der Waals surface area (Å²) in [6, 6.07) is 8.44. The van der Waals surface area contributed by atoms with E-state index in [4.69, 9.17) is 17.3 Å². The van der Waals surface area contributed by atoms with Crippen molar-refractivity contribution in [3.8, 4) is 0 Å². The van der Waals surface area contributed by atoms with Crippen LogP contribution in [0.3, 0.4) is 0 Å². The summed E-state index contributed by atoms with van der Waals surface area (Å²) < 4.78 is 26.0. The molecule has 3 nitrogen and oxygen atoms in total. The lowest BCUT2D eigenvalue weighted by atomic mass is 10.1. The van der Waals surface area contributed by atoms with E-state index in [1.807, 2.05) is 0 Å². The highest BCUT2D eigenvalue weighted by Gasteiger charge is 2.14. The van der Waals surface area contributed by atoms with Crippen LogP contribution in [-0.2, 0) is 6.54 Å². The van der Waals surface area contributed by atoms with E-state index in [1.165, 1.54) is 0 Å². The molecule has 0 aliphatic heterocycles. The van der Waals surface area contributed by atoms with Gasteiger partial charge in [0.2, 0.25) is 0 Å². The molecule has 0 bridgehead atoms. The maximum atomic E-state index is 13.1. The summed E-state index contributed by atoms with van der Waals surface area (Å²) in [4.78, 5) is 11.9. The zero-order valence-corrected chi connectivity index (χ0v) is 11.0. The van der Waals surface area contributed by atoms with Crippen molar-refractivity contribution in [1.29, 1.82) is 0 Å². The monoisotopic (exact) mass is 296 g/mol. The van der Waals surface area contributed by atoms with E-state index < -0.39 is 17.5 Å². The lowest BCUT2D eigenvalue weighted by Crippen LogP contribution is -2.24. The SMILES string of the molecule is Nc1cc(F)c(F)cc1C(=O)NCc1ccc(Cl)cc1. The highest BCUT2D eigenvalue weighted by molar-refractivity contribution is 6.30. The number of halogens is 3. The zero-order valence-electron chi connectivity index (χ0n) is 10.3. The first-order chi connectivity index (χ1) is 9.47. The van der Waals surface area contributed by atoms with Gasteiger partial charge in [-0.25, -0.2) is 8.78 Å². The normalized spacial score (nSPS) is 10.3. The van der Waals surface area contributed by atoms with Gasteiger partial charge in [0.05, 0.1) is 5.56 Å². The average molecular weight is 297 g/mol. The predicted octanol–water partition coefficient (Wildman–Crippen LogP) is 3.13. The lowest BCUT2D eigenvalue weighted by Gasteiger charge is -2.08. The summed E-state index contributed by atoms with van der Waals surface area (Å²) in [6.07, 6.45) is 0. The number of carbonyl (C=O) groups excluding carboxylic acids is 1. The molecule has 0 aliphatic rings. The third-order valence-corrected chi connectivity index (χ3v) is 2.96. The van der Waals surface area contributed by atoms with E-state index in [0.717, 1.165) is 17.7 Å². The third kappa shape index (κ3) is 3.24. The highest BCUT2D eigenvalue weighted by atomic mass is 35.5. The summed E-state index contributed by atoms with van der Waals surface area (Å²) in [5.74, 6) is -2.77. The molecule has 0 radical (unpaired) electrons. The summed E-state index contributed by atoms with van der Waals surface area (Å²) in [5.41, 5.74) is 6.11. The Morgan fingerprint density at radius 1 is 1.15 bits per heavy atom. The van der Waals surface area contributed by atoms with Crippen molar-refractivity contribution >= 4 is 23.2 Å². The Bertz CT molecular complexity index is 644. The quantitative estimate of drug-likeness (QED) is 0.855. The molecule has 0 atom stereocenters. The molecule has 0 fully saturated rings. The first-order valence-electron chi connectivity index (χ1n) is 5.74. The lowest BCUT2D eigenvalue weighted by molar-refractivity contribution is 0.0951. The largest absolute Gasteiger partial charge is 0.398 e. The minimum atomic E-state index is -1.11. The number of carbonyl (C=O) groups is 1. The van der Waals surface area contributed by atoms with Crippen LogP contribution in [0.25, 0.3) is 0 Å². The van der Waals surface area contributed by atoms with Crippen LogP contribution < -0.4 is 11.1 Å². The number of nitrogens with one attached hydrogen (secondary N) is 1. The second-order valence-corrected chi connectivity index (χ2v) is 4.60. The Morgan fingerprint density at radius 3 is 2.40 bits per heavy atom. The number of amides is 1. The fourth-order valence-electron chi connectivity index (χ4n) is 1.64. The summed E-state index contributed by atoms with van der Waals surface area (Å²) in [6.45, 7) is 0.231. The van der Waals surface area contributed by atoms with E-state index in [1.54, 1.807) is 24.3 Å². The standard InChI is InChI=1S/C14H11ClF2N2O/c15-9-3-1-8(2-4-9)7-19-14(20)10-5-11(16)12(17)6-13(10)18/h1-6H,7,18H2,(H,19,20). The van der Waals surface area contributed by atoms with Crippen molar-refractivity contribution in [3.63, 3.8) is 0 Å². The summed E-state index contributed by atoms with van der Waals surface area (Å²) in [5, 5.41) is 3.16. The van der Waals surface area contributed by atoms with Crippen molar-refractivity contribution in [3.05, 3.63) is 64.2 Å². The molecular formula is C14H11ClF2N2O. The van der Waals surface area contributed by atoms with E-state index in [9.17, 15) is 13.6 Å². The minimum Gasteiger partial charge on any atom is -0.398 e. The maximum Gasteiger partial charge on any atom is 0.253 e. The Balaban J connectivity index is 2.09. The van der Waals surface area contributed by atoms with E-state index in [0.29, 0.717) is 5.02 Å². The highest BCUT2D eigenvalue weighted by Crippen LogP contribution is 2.17. The molecule has 0 unspecified atom stereocenters. The number of nitrogens with two attached hydrogens (primary N) is 1. The van der Waals surface area contributed by atoms with Gasteiger partial charge >= 0.3 is 0 Å². The van der Waals surface area contributed by atoms with Crippen molar-refractivity contribution in [1.82, 2.24) is 5.32 Å². The van der Waals surface area contributed by atoms with Gasteiger partial charge < -0.3 is 11.1 Å². The molecule has 2 aromatic rings. The van der Waals surface area contributed by atoms with Gasteiger partial charge in [-0.1, -0.05) is 23.7 Å². The molecule has 20 heavy (non-hydrogen) atoms. The number of benzene rings is 2. The molecule has 0 saturated carbocycles. The van der Waals surface area contributed by atoms with Gasteiger partial charge in [-0.3, -0.25) is 4.79 Å². The first-order valence-corrected chi connectivity index (χ1v) is 6.12. The molecule has 0 saturated heterocycles. The summed E-state index contributed by atoms with van der Waals surface area (Å²) >= 11 is 5.74. The molecule has 1 amide bonds. The van der Waals surface area contributed by atoms with Crippen LogP contribution in [0.4, 0.5) is 14.5 Å². The minimum absolute atomic E-state index is 0.0992. The van der Waals surface area contributed by atoms with Gasteiger partial charge in [0.1, 0.15) is 0 Å². The van der Waals surface area contributed by atoms with Gasteiger partial charge in [-0.05, 0) is 23.8 Å². The Labute approximate surface area is 119 Å². The van der Waals surface area contributed by atoms with Gasteiger partial charge in [-0.2, -0.15) is 0 Å². The van der Waals surface area contributed by atoms with Crippen LogP contribution in [0.1, 0.15) is 15.9 Å². The molecule has 104 valence electrons. The van der Waals surface area contributed by atoms with Crippen LogP contribution >= 0.6 is 11.6 Å². The van der Waals surface area contributed by atoms with Gasteiger partial charge in [-0.15, -0.1) is 0 Å². The van der Waals surface area contributed by atoms with Crippen molar-refractivity contribution in [2.75, 3.05) is 5.73 Å². The smallest absolute Gasteiger partial charge is 0.253 e. The van der Waals surface area contributed by atoms with Gasteiger partial charge in [0, 0.05) is 23.3 Å². The maximum absolute atomic E-state index is 13.1. The average Bonchev–Trinajstić information content (AvgIpc) is 2.42. The van der Waals surface area contributed by atoms with Crippen LogP contribution in [0.5, 0.6) is 0 Å².